The zero-order valence-corrected chi connectivity index (χ0v) is 21.5. The first kappa shape index (κ1) is 27.1. The van der Waals surface area contributed by atoms with Crippen LogP contribution < -0.4 is 15.1 Å². The molecule has 1 spiro atoms. The predicted octanol–water partition coefficient (Wildman–Crippen LogP) is 4.54. The van der Waals surface area contributed by atoms with Crippen LogP contribution in [0.2, 0.25) is 0 Å². The second kappa shape index (κ2) is 10.3. The van der Waals surface area contributed by atoms with E-state index in [0.29, 0.717) is 31.7 Å². The molecule has 1 aliphatic heterocycles. The number of carbonyl (C=O) groups is 2. The summed E-state index contributed by atoms with van der Waals surface area (Å²) in [6.07, 6.45) is 1.20. The van der Waals surface area contributed by atoms with Crippen molar-refractivity contribution < 1.29 is 27.2 Å². The Labute approximate surface area is 231 Å². The van der Waals surface area contributed by atoms with Crippen LogP contribution in [-0.4, -0.2) is 39.0 Å². The fourth-order valence-corrected chi connectivity index (χ4v) is 5.35. The number of nitriles is 1. The summed E-state index contributed by atoms with van der Waals surface area (Å²) in [5.41, 5.74) is -2.65. The topological polar surface area (TPSA) is 102 Å². The molecule has 1 saturated carbocycles. The Balaban J connectivity index is 1.45. The number of nitrogens with zero attached hydrogens (tertiary/aromatic N) is 5. The van der Waals surface area contributed by atoms with Crippen LogP contribution in [0.4, 0.5) is 28.9 Å². The quantitative estimate of drug-likeness (QED) is 0.344. The minimum absolute atomic E-state index is 0.139. The first-order chi connectivity index (χ1) is 19.1. The molecule has 5 rings (SSSR count). The molecule has 8 nitrogen and oxygen atoms in total. The molecule has 13 heteroatoms. The van der Waals surface area contributed by atoms with E-state index in [9.17, 15) is 27.2 Å². The molecule has 2 fully saturated rings. The van der Waals surface area contributed by atoms with Crippen LogP contribution in [0.25, 0.3) is 0 Å². The molecule has 0 unspecified atom stereocenters. The maximum atomic E-state index is 14.7. The van der Waals surface area contributed by atoms with Crippen molar-refractivity contribution >= 4 is 40.5 Å². The van der Waals surface area contributed by atoms with Gasteiger partial charge in [-0.25, -0.2) is 9.37 Å². The number of nitrogens with one attached hydrogen (secondary N) is 1. The second-order valence-electron chi connectivity index (χ2n) is 9.37. The number of hydrogen-bond acceptors (Lipinski definition) is 6. The molecule has 0 atom stereocenters. The Morgan fingerprint density at radius 1 is 1.15 bits per heavy atom. The van der Waals surface area contributed by atoms with E-state index in [2.05, 4.69) is 15.3 Å². The average molecular weight is 569 g/mol. The lowest BCUT2D eigenvalue weighted by molar-refractivity contribution is -0.138. The zero-order valence-electron chi connectivity index (χ0n) is 20.7. The Hall–Kier alpha value is -4.44. The van der Waals surface area contributed by atoms with Gasteiger partial charge in [0.15, 0.2) is 10.8 Å². The maximum Gasteiger partial charge on any atom is 0.419 e. The number of benzene rings is 1. The third-order valence-electron chi connectivity index (χ3n) is 7.04. The molecule has 1 saturated heterocycles. The Kier molecular flexibility index (Phi) is 6.97. The van der Waals surface area contributed by atoms with Crippen molar-refractivity contribution in [2.75, 3.05) is 16.3 Å². The number of alkyl halides is 3. The number of anilines is 2. The van der Waals surface area contributed by atoms with Crippen LogP contribution in [0.15, 0.2) is 55.0 Å². The number of halogens is 4. The minimum atomic E-state index is -4.89. The monoisotopic (exact) mass is 568 g/mol. The van der Waals surface area contributed by atoms with E-state index in [0.717, 1.165) is 22.7 Å². The van der Waals surface area contributed by atoms with Gasteiger partial charge in [-0.1, -0.05) is 0 Å². The Morgan fingerprint density at radius 2 is 1.88 bits per heavy atom. The van der Waals surface area contributed by atoms with Crippen molar-refractivity contribution in [3.8, 4) is 6.07 Å². The van der Waals surface area contributed by atoms with Crippen LogP contribution in [0.5, 0.6) is 0 Å². The van der Waals surface area contributed by atoms with Crippen molar-refractivity contribution in [2.24, 2.45) is 0 Å². The van der Waals surface area contributed by atoms with Gasteiger partial charge in [-0.05, 0) is 79.9 Å². The fourth-order valence-electron chi connectivity index (χ4n) is 4.88. The van der Waals surface area contributed by atoms with Gasteiger partial charge >= 0.3 is 6.18 Å². The van der Waals surface area contributed by atoms with Crippen molar-refractivity contribution in [1.29, 1.82) is 5.26 Å². The van der Waals surface area contributed by atoms with Gasteiger partial charge in [0.05, 0.1) is 23.0 Å². The zero-order chi connectivity index (χ0) is 28.7. The molecule has 2 aromatic heterocycles. The van der Waals surface area contributed by atoms with E-state index in [-0.39, 0.29) is 28.6 Å². The highest BCUT2D eigenvalue weighted by molar-refractivity contribution is 7.81. The summed E-state index contributed by atoms with van der Waals surface area (Å²) in [6.45, 7) is 0.234. The molecule has 204 valence electrons. The molecule has 0 bridgehead atoms. The maximum absolute atomic E-state index is 14.7. The summed E-state index contributed by atoms with van der Waals surface area (Å²) in [6, 6.07) is 9.39. The van der Waals surface area contributed by atoms with E-state index in [1.165, 1.54) is 23.1 Å². The summed E-state index contributed by atoms with van der Waals surface area (Å²) < 4.78 is 55.5. The summed E-state index contributed by atoms with van der Waals surface area (Å²) in [5, 5.41) is 11.6. The van der Waals surface area contributed by atoms with E-state index in [4.69, 9.17) is 17.5 Å². The van der Waals surface area contributed by atoms with E-state index >= 15 is 0 Å². The molecule has 3 aromatic rings. The lowest BCUT2D eigenvalue weighted by Gasteiger charge is -2.43. The van der Waals surface area contributed by atoms with E-state index < -0.39 is 40.6 Å². The lowest BCUT2D eigenvalue weighted by Crippen LogP contribution is -2.55. The van der Waals surface area contributed by atoms with Gasteiger partial charge in [0.25, 0.3) is 11.8 Å². The number of rotatable bonds is 6. The SMILES string of the molecule is N#Cc1ncc(N2C(=O)C3(CCC3)N(c3ccc(F)c(C(=O)NCCc4ccncc4)c3)C2=S)cc1C(F)(F)F. The van der Waals surface area contributed by atoms with Crippen LogP contribution in [0.1, 0.15) is 46.4 Å². The van der Waals surface area contributed by atoms with Crippen molar-refractivity contribution in [2.45, 2.75) is 37.4 Å². The summed E-state index contributed by atoms with van der Waals surface area (Å²) in [7, 11) is 0. The first-order valence-electron chi connectivity index (χ1n) is 12.2. The van der Waals surface area contributed by atoms with Crippen molar-refractivity contribution in [3.63, 3.8) is 0 Å². The fraction of sp³-hybridized carbons (Fsp3) is 0.259. The summed E-state index contributed by atoms with van der Waals surface area (Å²) in [5.74, 6) is -2.02. The van der Waals surface area contributed by atoms with Crippen LogP contribution in [-0.2, 0) is 17.4 Å². The molecule has 1 aliphatic carbocycles. The van der Waals surface area contributed by atoms with Crippen LogP contribution in [0.3, 0.4) is 0 Å². The van der Waals surface area contributed by atoms with E-state index in [1.807, 2.05) is 0 Å². The number of hydrogen-bond donors (Lipinski definition) is 1. The molecule has 2 amide bonds. The van der Waals surface area contributed by atoms with Gasteiger partial charge in [0.2, 0.25) is 0 Å². The van der Waals surface area contributed by atoms with Gasteiger partial charge in [-0.3, -0.25) is 19.5 Å². The molecular weight excluding hydrogens is 548 g/mol. The molecule has 3 heterocycles. The number of thiocarbonyl (C=S) groups is 1. The van der Waals surface area contributed by atoms with Gasteiger partial charge in [0, 0.05) is 24.6 Å². The van der Waals surface area contributed by atoms with Gasteiger partial charge < -0.3 is 10.2 Å². The normalized spacial score (nSPS) is 16.2. The minimum Gasteiger partial charge on any atom is -0.352 e. The predicted molar refractivity (Wildman–Crippen MR) is 140 cm³/mol. The average Bonchev–Trinajstić information content (AvgIpc) is 3.15. The van der Waals surface area contributed by atoms with Gasteiger partial charge in [0.1, 0.15) is 17.4 Å². The molecular formula is C27H20F4N6O2S. The number of carbonyl (C=O) groups excluding carboxylic acids is 2. The van der Waals surface area contributed by atoms with Crippen LogP contribution >= 0.6 is 12.2 Å². The van der Waals surface area contributed by atoms with Gasteiger partial charge in [-0.15, -0.1) is 0 Å². The standard InChI is InChI=1S/C27H20F4N6O2S/c28-21-3-2-17(12-19(21)23(38)34-11-6-16-4-9-33-10-5-16)37-25(40)36(24(39)26(37)7-1-8-26)18-13-20(27(29,30)31)22(14-32)35-15-18/h2-5,9-10,12-13,15H,1,6-8,11H2,(H,34,38). The Morgan fingerprint density at radius 3 is 2.50 bits per heavy atom. The highest BCUT2D eigenvalue weighted by atomic mass is 32.1. The number of amides is 2. The third-order valence-corrected chi connectivity index (χ3v) is 7.40. The molecule has 0 radical (unpaired) electrons. The molecule has 1 N–H and O–H groups in total. The van der Waals surface area contributed by atoms with Gasteiger partial charge in [-0.2, -0.15) is 18.4 Å². The first-order valence-corrected chi connectivity index (χ1v) is 12.6. The summed E-state index contributed by atoms with van der Waals surface area (Å²) in [4.78, 5) is 36.5. The van der Waals surface area contributed by atoms with Crippen molar-refractivity contribution in [3.05, 3.63) is 83.2 Å². The smallest absolute Gasteiger partial charge is 0.352 e. The van der Waals surface area contributed by atoms with Crippen molar-refractivity contribution in [1.82, 2.24) is 15.3 Å². The highest BCUT2D eigenvalue weighted by Crippen LogP contribution is 2.48. The third kappa shape index (κ3) is 4.64. The highest BCUT2D eigenvalue weighted by Gasteiger charge is 2.60. The molecule has 40 heavy (non-hydrogen) atoms. The lowest BCUT2D eigenvalue weighted by atomic mass is 9.75. The van der Waals surface area contributed by atoms with Crippen LogP contribution in [0, 0.1) is 17.1 Å². The molecule has 1 aromatic carbocycles. The second-order valence-corrected chi connectivity index (χ2v) is 9.73. The van der Waals surface area contributed by atoms with E-state index in [1.54, 1.807) is 24.5 Å². The number of aromatic nitrogens is 2. The largest absolute Gasteiger partial charge is 0.419 e. The Bertz CT molecular complexity index is 1550. The molecule has 2 aliphatic rings. The summed E-state index contributed by atoms with van der Waals surface area (Å²) >= 11 is 5.57. The number of pyridine rings is 2.